The van der Waals surface area contributed by atoms with Gasteiger partial charge in [0.05, 0.1) is 24.4 Å². The second kappa shape index (κ2) is 8.61. The molecule has 3 aromatic carbocycles. The molecule has 0 spiro atoms. The van der Waals surface area contributed by atoms with Crippen molar-refractivity contribution >= 4 is 34.6 Å². The summed E-state index contributed by atoms with van der Waals surface area (Å²) in [6, 6.07) is 24.3. The van der Waals surface area contributed by atoms with E-state index in [0.717, 1.165) is 22.7 Å². The van der Waals surface area contributed by atoms with Crippen LogP contribution in [0.25, 0.3) is 0 Å². The van der Waals surface area contributed by atoms with E-state index in [0.29, 0.717) is 17.2 Å². The molecule has 6 heteroatoms. The molecule has 0 bridgehead atoms. The third-order valence-corrected chi connectivity index (χ3v) is 4.83. The van der Waals surface area contributed by atoms with Gasteiger partial charge in [0.15, 0.2) is 0 Å². The molecular weight excluding hydrogens is 376 g/mol. The van der Waals surface area contributed by atoms with E-state index in [1.165, 1.54) is 0 Å². The number of hydrogen-bond donors (Lipinski definition) is 2. The molecule has 1 atom stereocenters. The van der Waals surface area contributed by atoms with Crippen molar-refractivity contribution in [3.05, 3.63) is 84.4 Å². The standard InChI is InChI=1S/C24H22N4O2/c1-16-22(17-12-14-19(30-2)15-13-17)23(27-21-11-7-6-10-20(21)25-16)28-24(29)26-18-8-4-3-5-9-18/h3-15,22H,1-2H3,(H2,26,27,28,29)/t22-/m1/s1. The molecule has 30 heavy (non-hydrogen) atoms. The SMILES string of the molecule is COc1ccc([C@H]2C(C)=Nc3ccccc3N=C2NC(=O)Nc2ccccc2)cc1. The lowest BCUT2D eigenvalue weighted by Gasteiger charge is -2.20. The number of anilines is 1. The molecule has 0 aliphatic carbocycles. The second-order valence-electron chi connectivity index (χ2n) is 6.89. The van der Waals surface area contributed by atoms with E-state index in [2.05, 4.69) is 10.6 Å². The Morgan fingerprint density at radius 1 is 0.833 bits per heavy atom. The number of amidine groups is 1. The Labute approximate surface area is 175 Å². The molecular formula is C24H22N4O2. The van der Waals surface area contributed by atoms with Crippen LogP contribution in [0.4, 0.5) is 21.9 Å². The van der Waals surface area contributed by atoms with E-state index in [-0.39, 0.29) is 11.9 Å². The largest absolute Gasteiger partial charge is 0.497 e. The number of carbonyl (C=O) groups is 1. The molecule has 0 fully saturated rings. The van der Waals surface area contributed by atoms with Crippen molar-refractivity contribution in [2.75, 3.05) is 12.4 Å². The Balaban J connectivity index is 1.71. The molecule has 3 aromatic rings. The number of methoxy groups -OCH3 is 1. The lowest BCUT2D eigenvalue weighted by atomic mass is 9.93. The molecule has 0 radical (unpaired) electrons. The third-order valence-electron chi connectivity index (χ3n) is 4.83. The van der Waals surface area contributed by atoms with Crippen LogP contribution < -0.4 is 15.4 Å². The average Bonchev–Trinajstić information content (AvgIpc) is 2.89. The zero-order valence-electron chi connectivity index (χ0n) is 16.8. The van der Waals surface area contributed by atoms with Crippen molar-refractivity contribution in [2.45, 2.75) is 12.8 Å². The topological polar surface area (TPSA) is 75.1 Å². The highest BCUT2D eigenvalue weighted by Crippen LogP contribution is 2.34. The minimum atomic E-state index is -0.356. The quantitative estimate of drug-likeness (QED) is 0.617. The van der Waals surface area contributed by atoms with Crippen molar-refractivity contribution in [1.82, 2.24) is 5.32 Å². The second-order valence-corrected chi connectivity index (χ2v) is 6.89. The molecule has 6 nitrogen and oxygen atoms in total. The Hall–Kier alpha value is -3.93. The Morgan fingerprint density at radius 2 is 1.47 bits per heavy atom. The van der Waals surface area contributed by atoms with E-state index < -0.39 is 0 Å². The number of carbonyl (C=O) groups excluding carboxylic acids is 1. The van der Waals surface area contributed by atoms with E-state index >= 15 is 0 Å². The monoisotopic (exact) mass is 398 g/mol. The van der Waals surface area contributed by atoms with Crippen LogP contribution in [-0.2, 0) is 0 Å². The minimum Gasteiger partial charge on any atom is -0.497 e. The first-order valence-corrected chi connectivity index (χ1v) is 9.64. The van der Waals surface area contributed by atoms with Gasteiger partial charge < -0.3 is 10.1 Å². The normalized spacial score (nSPS) is 15.2. The number of amides is 2. The lowest BCUT2D eigenvalue weighted by molar-refractivity contribution is 0.256. The van der Waals surface area contributed by atoms with Gasteiger partial charge in [-0.25, -0.2) is 9.79 Å². The van der Waals surface area contributed by atoms with Crippen LogP contribution in [0.3, 0.4) is 0 Å². The minimum absolute atomic E-state index is 0.301. The molecule has 0 saturated heterocycles. The van der Waals surface area contributed by atoms with E-state index in [1.807, 2.05) is 85.8 Å². The zero-order valence-corrected chi connectivity index (χ0v) is 16.8. The maximum atomic E-state index is 12.7. The van der Waals surface area contributed by atoms with Crippen molar-refractivity contribution in [3.8, 4) is 5.75 Å². The number of aliphatic imine (C=N–C) groups is 2. The van der Waals surface area contributed by atoms with Gasteiger partial charge in [-0.15, -0.1) is 0 Å². The first-order valence-electron chi connectivity index (χ1n) is 9.64. The molecule has 0 saturated carbocycles. The fourth-order valence-electron chi connectivity index (χ4n) is 3.40. The van der Waals surface area contributed by atoms with Gasteiger partial charge in [-0.3, -0.25) is 10.3 Å². The number of nitrogens with one attached hydrogen (secondary N) is 2. The van der Waals surface area contributed by atoms with Crippen LogP contribution in [0.15, 0.2) is 88.8 Å². The number of urea groups is 1. The summed E-state index contributed by atoms with van der Waals surface area (Å²) in [6.45, 7) is 1.95. The van der Waals surface area contributed by atoms with Gasteiger partial charge in [0.2, 0.25) is 0 Å². The predicted octanol–water partition coefficient (Wildman–Crippen LogP) is 5.44. The number of nitrogens with zero attached hydrogens (tertiary/aromatic N) is 2. The molecule has 2 N–H and O–H groups in total. The number of hydrogen-bond acceptors (Lipinski definition) is 4. The summed E-state index contributed by atoms with van der Waals surface area (Å²) >= 11 is 0. The Morgan fingerprint density at radius 3 is 2.13 bits per heavy atom. The van der Waals surface area contributed by atoms with Gasteiger partial charge in [-0.2, -0.15) is 0 Å². The molecule has 0 aromatic heterocycles. The fraction of sp³-hybridized carbons (Fsp3) is 0.125. The number of rotatable bonds is 3. The van der Waals surface area contributed by atoms with Crippen molar-refractivity contribution in [1.29, 1.82) is 0 Å². The average molecular weight is 398 g/mol. The lowest BCUT2D eigenvalue weighted by Crippen LogP contribution is -2.39. The molecule has 4 rings (SSSR count). The van der Waals surface area contributed by atoms with Crippen molar-refractivity contribution < 1.29 is 9.53 Å². The Kier molecular flexibility index (Phi) is 5.57. The molecule has 150 valence electrons. The molecule has 1 aliphatic rings. The Bertz CT molecular complexity index is 1110. The predicted molar refractivity (Wildman–Crippen MR) is 121 cm³/mol. The summed E-state index contributed by atoms with van der Waals surface area (Å²) in [7, 11) is 1.63. The van der Waals surface area contributed by atoms with Gasteiger partial charge >= 0.3 is 6.03 Å². The number of benzene rings is 3. The van der Waals surface area contributed by atoms with E-state index in [4.69, 9.17) is 14.7 Å². The first-order chi connectivity index (χ1) is 14.6. The van der Waals surface area contributed by atoms with Gasteiger partial charge in [0.1, 0.15) is 11.6 Å². The smallest absolute Gasteiger partial charge is 0.324 e. The number of ether oxygens (including phenoxy) is 1. The molecule has 1 heterocycles. The van der Waals surface area contributed by atoms with E-state index in [9.17, 15) is 4.79 Å². The van der Waals surface area contributed by atoms with Crippen molar-refractivity contribution in [2.24, 2.45) is 9.98 Å². The maximum absolute atomic E-state index is 12.7. The number of fused-ring (bicyclic) bond motifs is 1. The fourth-order valence-corrected chi connectivity index (χ4v) is 3.40. The highest BCUT2D eigenvalue weighted by Gasteiger charge is 2.26. The summed E-state index contributed by atoms with van der Waals surface area (Å²) in [5.74, 6) is 0.975. The van der Waals surface area contributed by atoms with Crippen LogP contribution in [0.2, 0.25) is 0 Å². The van der Waals surface area contributed by atoms with E-state index in [1.54, 1.807) is 7.11 Å². The molecule has 0 unspecified atom stereocenters. The number of para-hydroxylation sites is 3. The maximum Gasteiger partial charge on any atom is 0.324 e. The van der Waals surface area contributed by atoms with Gasteiger partial charge in [-0.05, 0) is 48.9 Å². The summed E-state index contributed by atoms with van der Waals surface area (Å²) in [6.07, 6.45) is 0. The summed E-state index contributed by atoms with van der Waals surface area (Å²) in [4.78, 5) is 22.3. The van der Waals surface area contributed by atoms with Gasteiger partial charge in [0, 0.05) is 11.4 Å². The first kappa shape index (κ1) is 19.4. The van der Waals surface area contributed by atoms with Gasteiger partial charge in [0.25, 0.3) is 0 Å². The zero-order chi connectivity index (χ0) is 20.9. The van der Waals surface area contributed by atoms with Crippen molar-refractivity contribution in [3.63, 3.8) is 0 Å². The summed E-state index contributed by atoms with van der Waals surface area (Å²) in [5.41, 5.74) is 3.99. The highest BCUT2D eigenvalue weighted by atomic mass is 16.5. The van der Waals surface area contributed by atoms with Crippen LogP contribution in [0.1, 0.15) is 18.4 Å². The van der Waals surface area contributed by atoms with Crippen LogP contribution in [0.5, 0.6) is 5.75 Å². The third kappa shape index (κ3) is 4.22. The van der Waals surface area contributed by atoms with Crippen LogP contribution >= 0.6 is 0 Å². The van der Waals surface area contributed by atoms with Crippen LogP contribution in [-0.4, -0.2) is 24.7 Å². The van der Waals surface area contributed by atoms with Crippen LogP contribution in [0, 0.1) is 0 Å². The summed E-state index contributed by atoms with van der Waals surface area (Å²) in [5, 5.41) is 5.79. The highest BCUT2D eigenvalue weighted by molar-refractivity contribution is 6.18. The molecule has 1 aliphatic heterocycles. The van der Waals surface area contributed by atoms with Gasteiger partial charge in [-0.1, -0.05) is 42.5 Å². The summed E-state index contributed by atoms with van der Waals surface area (Å²) < 4.78 is 5.28. The molecule has 2 amide bonds.